The first-order chi connectivity index (χ1) is 12.5. The maximum atomic E-state index is 11.5. The predicted molar refractivity (Wildman–Crippen MR) is 106 cm³/mol. The predicted octanol–water partition coefficient (Wildman–Crippen LogP) is 4.24. The molecule has 0 bridgehead atoms. The van der Waals surface area contributed by atoms with Gasteiger partial charge in [-0.1, -0.05) is 20.8 Å². The smallest absolute Gasteiger partial charge is 0.352 e. The molecule has 1 aliphatic heterocycles. The first-order valence-electron chi connectivity index (χ1n) is 9.62. The van der Waals surface area contributed by atoms with Crippen LogP contribution in [0.25, 0.3) is 0 Å². The first-order valence-corrected chi connectivity index (χ1v) is 12.5. The van der Waals surface area contributed by atoms with Crippen molar-refractivity contribution in [3.63, 3.8) is 0 Å². The van der Waals surface area contributed by atoms with Crippen LogP contribution in [-0.2, 0) is 9.16 Å². The third-order valence-corrected chi connectivity index (χ3v) is 10.1. The molecule has 1 aliphatic rings. The molecule has 154 valence electrons. The lowest BCUT2D eigenvalue weighted by molar-refractivity contribution is -0.386. The summed E-state index contributed by atoms with van der Waals surface area (Å²) < 4.78 is 19.0. The van der Waals surface area contributed by atoms with Crippen molar-refractivity contribution >= 4 is 14.0 Å². The van der Waals surface area contributed by atoms with Gasteiger partial charge in [0.05, 0.1) is 24.2 Å². The molecular weight excluding hydrogens is 366 g/mol. The minimum Gasteiger partial charge on any atom is -0.472 e. The minimum absolute atomic E-state index is 0.0247. The molecule has 0 saturated carbocycles. The van der Waals surface area contributed by atoms with E-state index >= 15 is 0 Å². The topological polar surface area (TPSA) is 88.7 Å². The highest BCUT2D eigenvalue weighted by Crippen LogP contribution is 2.37. The van der Waals surface area contributed by atoms with E-state index in [-0.39, 0.29) is 22.6 Å². The highest BCUT2D eigenvalue weighted by atomic mass is 28.4. The molecule has 0 aliphatic carbocycles. The molecule has 0 amide bonds. The van der Waals surface area contributed by atoms with Crippen LogP contribution in [0.2, 0.25) is 18.1 Å². The fourth-order valence-corrected chi connectivity index (χ4v) is 3.92. The summed E-state index contributed by atoms with van der Waals surface area (Å²) in [6, 6.07) is 0.0247. The van der Waals surface area contributed by atoms with E-state index in [1.54, 1.807) is 11.6 Å². The van der Waals surface area contributed by atoms with Crippen LogP contribution < -0.4 is 4.74 Å². The fraction of sp³-hybridized carbons (Fsp3) is 0.833. The number of nitro groups is 1. The lowest BCUT2D eigenvalue weighted by atomic mass is 10.1. The number of rotatable bonds is 8. The van der Waals surface area contributed by atoms with Gasteiger partial charge in [-0.05, 0) is 37.9 Å². The Labute approximate surface area is 162 Å². The molecular formula is C18H33N3O5Si. The summed E-state index contributed by atoms with van der Waals surface area (Å²) in [5.74, 6) is 0.0930. The number of aromatic nitrogens is 2. The zero-order chi connectivity index (χ0) is 20.2. The third kappa shape index (κ3) is 5.29. The van der Waals surface area contributed by atoms with E-state index in [0.29, 0.717) is 31.9 Å². The fourth-order valence-electron chi connectivity index (χ4n) is 2.83. The van der Waals surface area contributed by atoms with Crippen LogP contribution in [-0.4, -0.2) is 49.4 Å². The van der Waals surface area contributed by atoms with Crippen molar-refractivity contribution in [3.8, 4) is 5.88 Å². The van der Waals surface area contributed by atoms with E-state index in [2.05, 4.69) is 39.0 Å². The minimum atomic E-state index is -1.79. The molecule has 0 spiro atoms. The zero-order valence-electron chi connectivity index (χ0n) is 17.4. The van der Waals surface area contributed by atoms with Gasteiger partial charge >= 0.3 is 11.6 Å². The second-order valence-corrected chi connectivity index (χ2v) is 13.4. The molecule has 0 aromatic carbocycles. The average Bonchev–Trinajstić information content (AvgIpc) is 2.91. The monoisotopic (exact) mass is 399 g/mol. The molecule has 27 heavy (non-hydrogen) atoms. The number of hydrogen-bond donors (Lipinski definition) is 0. The van der Waals surface area contributed by atoms with Gasteiger partial charge in [-0.2, -0.15) is 0 Å². The first kappa shape index (κ1) is 21.8. The van der Waals surface area contributed by atoms with Gasteiger partial charge < -0.3 is 13.9 Å². The van der Waals surface area contributed by atoms with Gasteiger partial charge in [0.2, 0.25) is 0 Å². The molecule has 0 N–H and O–H groups in total. The summed E-state index contributed by atoms with van der Waals surface area (Å²) in [5, 5.41) is 16.0. The maximum absolute atomic E-state index is 11.5. The van der Waals surface area contributed by atoms with Crippen LogP contribution in [0.5, 0.6) is 5.88 Å². The van der Waals surface area contributed by atoms with Crippen LogP contribution in [0.15, 0.2) is 0 Å². The van der Waals surface area contributed by atoms with Gasteiger partial charge in [-0.25, -0.2) is 0 Å². The maximum Gasteiger partial charge on any atom is 0.352 e. The van der Waals surface area contributed by atoms with Crippen LogP contribution in [0.3, 0.4) is 0 Å². The summed E-state index contributed by atoms with van der Waals surface area (Å²) >= 11 is 0. The highest BCUT2D eigenvalue weighted by molar-refractivity contribution is 6.74. The zero-order valence-corrected chi connectivity index (χ0v) is 18.4. The Morgan fingerprint density at radius 2 is 2.07 bits per heavy atom. The third-order valence-electron chi connectivity index (χ3n) is 5.55. The largest absolute Gasteiger partial charge is 0.472 e. The van der Waals surface area contributed by atoms with Crippen molar-refractivity contribution in [1.29, 1.82) is 0 Å². The molecule has 2 heterocycles. The molecule has 9 heteroatoms. The van der Waals surface area contributed by atoms with Crippen molar-refractivity contribution in [2.45, 2.75) is 71.1 Å². The Morgan fingerprint density at radius 1 is 1.37 bits per heavy atom. The Kier molecular flexibility index (Phi) is 7.04. The summed E-state index contributed by atoms with van der Waals surface area (Å²) in [4.78, 5) is 11.1. The summed E-state index contributed by atoms with van der Waals surface area (Å²) in [6.45, 7) is 14.9. The highest BCUT2D eigenvalue weighted by Gasteiger charge is 2.37. The summed E-state index contributed by atoms with van der Waals surface area (Å²) in [5.41, 5.74) is 0.467. The van der Waals surface area contributed by atoms with E-state index in [1.807, 2.05) is 0 Å². The van der Waals surface area contributed by atoms with Gasteiger partial charge in [-0.3, -0.25) is 14.8 Å². The molecule has 1 saturated heterocycles. The van der Waals surface area contributed by atoms with E-state index in [1.165, 1.54) is 0 Å². The standard InChI is InChI=1S/C18H33N3O5Si/c1-14-16(21(22)23)17(19-20(14)15-9-7-10-24-13-15)25-11-8-12-26-27(5,6)18(2,3)4/h15H,7-13H2,1-6H3. The van der Waals surface area contributed by atoms with Crippen molar-refractivity contribution in [1.82, 2.24) is 9.78 Å². The second-order valence-electron chi connectivity index (χ2n) is 8.62. The molecule has 1 fully saturated rings. The van der Waals surface area contributed by atoms with Crippen molar-refractivity contribution < 1.29 is 18.8 Å². The van der Waals surface area contributed by atoms with Crippen LogP contribution in [0.4, 0.5) is 5.69 Å². The Balaban J connectivity index is 1.96. The van der Waals surface area contributed by atoms with Gasteiger partial charge in [-0.15, -0.1) is 5.10 Å². The summed E-state index contributed by atoms with van der Waals surface area (Å²) in [7, 11) is -1.79. The van der Waals surface area contributed by atoms with Crippen LogP contribution in [0, 0.1) is 17.0 Å². The lowest BCUT2D eigenvalue weighted by Crippen LogP contribution is -2.41. The molecule has 0 radical (unpaired) electrons. The lowest BCUT2D eigenvalue weighted by Gasteiger charge is -2.36. The van der Waals surface area contributed by atoms with Crippen molar-refractivity contribution in [3.05, 3.63) is 15.8 Å². The van der Waals surface area contributed by atoms with Crippen LogP contribution in [0.1, 0.15) is 51.8 Å². The quantitative estimate of drug-likeness (QED) is 0.281. The van der Waals surface area contributed by atoms with Gasteiger partial charge in [0.15, 0.2) is 8.32 Å². The Bertz CT molecular complexity index is 648. The number of hydrogen-bond acceptors (Lipinski definition) is 6. The van der Waals surface area contributed by atoms with E-state index in [0.717, 1.165) is 19.4 Å². The summed E-state index contributed by atoms with van der Waals surface area (Å²) in [6.07, 6.45) is 2.50. The van der Waals surface area contributed by atoms with E-state index in [4.69, 9.17) is 13.9 Å². The van der Waals surface area contributed by atoms with E-state index < -0.39 is 13.2 Å². The van der Waals surface area contributed by atoms with Crippen molar-refractivity contribution in [2.24, 2.45) is 0 Å². The Hall–Kier alpha value is -1.45. The van der Waals surface area contributed by atoms with E-state index in [9.17, 15) is 10.1 Å². The average molecular weight is 400 g/mol. The molecule has 1 atom stereocenters. The number of ether oxygens (including phenoxy) is 2. The SMILES string of the molecule is Cc1c([N+](=O)[O-])c(OCCCO[Si](C)(C)C(C)(C)C)nn1C1CCCOC1. The van der Waals surface area contributed by atoms with Gasteiger partial charge in [0.25, 0.3) is 0 Å². The molecule has 1 aromatic heterocycles. The second kappa shape index (κ2) is 8.70. The van der Waals surface area contributed by atoms with Gasteiger partial charge in [0.1, 0.15) is 5.69 Å². The molecule has 1 aromatic rings. The van der Waals surface area contributed by atoms with Crippen molar-refractivity contribution in [2.75, 3.05) is 26.4 Å². The van der Waals surface area contributed by atoms with Crippen LogP contribution >= 0.6 is 0 Å². The normalized spacial score (nSPS) is 18.5. The molecule has 2 rings (SSSR count). The Morgan fingerprint density at radius 3 is 2.63 bits per heavy atom. The molecule has 8 nitrogen and oxygen atoms in total. The number of nitrogens with zero attached hydrogens (tertiary/aromatic N) is 3. The van der Waals surface area contributed by atoms with Gasteiger partial charge in [0, 0.05) is 19.6 Å². The molecule has 1 unspecified atom stereocenters.